The van der Waals surface area contributed by atoms with Gasteiger partial charge in [0, 0.05) is 25.2 Å². The van der Waals surface area contributed by atoms with Crippen LogP contribution in [0.1, 0.15) is 31.9 Å². The first-order valence-corrected chi connectivity index (χ1v) is 9.72. The van der Waals surface area contributed by atoms with E-state index < -0.39 is 17.3 Å². The first kappa shape index (κ1) is 21.8. The number of hydrogen-bond donors (Lipinski definition) is 1. The summed E-state index contributed by atoms with van der Waals surface area (Å²) in [5.74, 6) is 6.47. The van der Waals surface area contributed by atoms with Gasteiger partial charge in [0.25, 0.3) is 0 Å². The van der Waals surface area contributed by atoms with Crippen LogP contribution in [0.3, 0.4) is 0 Å². The average Bonchev–Trinajstić information content (AvgIpc) is 3.06. The number of rotatable bonds is 1. The van der Waals surface area contributed by atoms with Crippen molar-refractivity contribution in [3.8, 4) is 11.8 Å². The van der Waals surface area contributed by atoms with E-state index >= 15 is 0 Å². The minimum atomic E-state index is -4.35. The van der Waals surface area contributed by atoms with Crippen LogP contribution in [0.4, 0.5) is 18.0 Å². The molecule has 1 N–H and O–H groups in total. The number of fused-ring (bicyclic) bond motifs is 1. The Morgan fingerprint density at radius 1 is 1.23 bits per heavy atom. The molecule has 0 spiro atoms. The zero-order chi connectivity index (χ0) is 21.9. The van der Waals surface area contributed by atoms with E-state index in [9.17, 15) is 18.0 Å². The fourth-order valence-electron chi connectivity index (χ4n) is 3.23. The Kier molecular flexibility index (Phi) is 6.15. The lowest BCUT2D eigenvalue weighted by atomic mass is 10.1. The average molecular weight is 422 g/mol. The molecule has 2 aliphatic rings. The van der Waals surface area contributed by atoms with E-state index in [0.29, 0.717) is 38.3 Å². The highest BCUT2D eigenvalue weighted by Gasteiger charge is 2.36. The lowest BCUT2D eigenvalue weighted by Gasteiger charge is -2.39. The molecule has 1 saturated heterocycles. The summed E-state index contributed by atoms with van der Waals surface area (Å²) < 4.78 is 43.2. The molecule has 6 nitrogen and oxygen atoms in total. The summed E-state index contributed by atoms with van der Waals surface area (Å²) in [5.41, 5.74) is -0.705. The highest BCUT2D eigenvalue weighted by atomic mass is 19.4. The van der Waals surface area contributed by atoms with Gasteiger partial charge in [-0.1, -0.05) is 11.8 Å². The summed E-state index contributed by atoms with van der Waals surface area (Å²) in [4.78, 5) is 20.6. The topological polar surface area (TPSA) is 57.2 Å². The first-order valence-electron chi connectivity index (χ1n) is 9.72. The van der Waals surface area contributed by atoms with Gasteiger partial charge in [-0.05, 0) is 45.0 Å². The fourth-order valence-corrected chi connectivity index (χ4v) is 3.23. The Morgan fingerprint density at radius 2 is 1.93 bits per heavy atom. The van der Waals surface area contributed by atoms with Crippen LogP contribution >= 0.6 is 0 Å². The number of nitrogens with one attached hydrogen (secondary N) is 1. The van der Waals surface area contributed by atoms with Crippen LogP contribution in [0.5, 0.6) is 0 Å². The summed E-state index contributed by atoms with van der Waals surface area (Å²) in [6, 6.07) is 4.85. The number of carbonyl (C=O) groups is 1. The monoisotopic (exact) mass is 422 g/mol. The van der Waals surface area contributed by atoms with Crippen molar-refractivity contribution < 1.29 is 22.7 Å². The molecule has 162 valence electrons. The van der Waals surface area contributed by atoms with E-state index in [1.807, 2.05) is 20.8 Å². The number of piperazine rings is 1. The molecule has 1 amide bonds. The Labute approximate surface area is 174 Å². The number of nitrogens with zero attached hydrogens (tertiary/aromatic N) is 3. The summed E-state index contributed by atoms with van der Waals surface area (Å²) in [7, 11) is 0. The molecular formula is C21H25F3N4O2. The molecule has 1 aromatic rings. The Morgan fingerprint density at radius 3 is 2.57 bits per heavy atom. The molecule has 30 heavy (non-hydrogen) atoms. The van der Waals surface area contributed by atoms with Crippen LogP contribution in [-0.2, 0) is 10.9 Å². The van der Waals surface area contributed by atoms with Crippen LogP contribution in [0, 0.1) is 11.8 Å². The largest absolute Gasteiger partial charge is 0.444 e. The van der Waals surface area contributed by atoms with Crippen molar-refractivity contribution in [2.24, 2.45) is 4.99 Å². The zero-order valence-corrected chi connectivity index (χ0v) is 17.2. The van der Waals surface area contributed by atoms with Gasteiger partial charge < -0.3 is 19.9 Å². The predicted molar refractivity (Wildman–Crippen MR) is 107 cm³/mol. The lowest BCUT2D eigenvalue weighted by molar-refractivity contribution is -0.137. The lowest BCUT2D eigenvalue weighted by Crippen LogP contribution is -2.57. The van der Waals surface area contributed by atoms with Crippen LogP contribution in [0.2, 0.25) is 0 Å². The van der Waals surface area contributed by atoms with Crippen LogP contribution < -0.4 is 5.32 Å². The van der Waals surface area contributed by atoms with E-state index in [1.165, 1.54) is 12.1 Å². The van der Waals surface area contributed by atoms with Gasteiger partial charge in [-0.15, -0.1) is 0 Å². The number of ether oxygens (including phenoxy) is 1. The zero-order valence-electron chi connectivity index (χ0n) is 17.2. The van der Waals surface area contributed by atoms with Crippen LogP contribution in [0.15, 0.2) is 29.3 Å². The number of hydrogen-bond acceptors (Lipinski definition) is 5. The van der Waals surface area contributed by atoms with Gasteiger partial charge in [0.1, 0.15) is 5.60 Å². The van der Waals surface area contributed by atoms with E-state index in [2.05, 4.69) is 27.0 Å². The van der Waals surface area contributed by atoms with Crippen molar-refractivity contribution >= 4 is 12.1 Å². The van der Waals surface area contributed by atoms with E-state index in [1.54, 1.807) is 4.90 Å². The molecule has 1 aromatic carbocycles. The number of carbonyl (C=O) groups excluding carboxylic acids is 1. The Hall–Kier alpha value is -2.89. The minimum Gasteiger partial charge on any atom is -0.444 e. The van der Waals surface area contributed by atoms with Crippen LogP contribution in [0.25, 0.3) is 0 Å². The SMILES string of the molecule is CC(C)(C)OC(=O)N1CCN2C(NCC#Cc3ccc(C(F)(F)F)cc3)=NCC2C1. The smallest absolute Gasteiger partial charge is 0.416 e. The maximum absolute atomic E-state index is 12.6. The van der Waals surface area contributed by atoms with Gasteiger partial charge >= 0.3 is 12.3 Å². The van der Waals surface area contributed by atoms with Crippen molar-refractivity contribution in [1.82, 2.24) is 15.1 Å². The van der Waals surface area contributed by atoms with E-state index in [4.69, 9.17) is 4.74 Å². The number of aliphatic imine (C=N–C) groups is 1. The van der Waals surface area contributed by atoms with Crippen molar-refractivity contribution in [2.75, 3.05) is 32.7 Å². The second kappa shape index (κ2) is 8.46. The van der Waals surface area contributed by atoms with Gasteiger partial charge in [-0.25, -0.2) is 4.79 Å². The van der Waals surface area contributed by atoms with Gasteiger partial charge in [0.15, 0.2) is 5.96 Å². The molecule has 1 unspecified atom stereocenters. The molecule has 0 bridgehead atoms. The molecule has 0 saturated carbocycles. The molecule has 2 aliphatic heterocycles. The van der Waals surface area contributed by atoms with E-state index in [0.717, 1.165) is 18.1 Å². The highest BCUT2D eigenvalue weighted by Crippen LogP contribution is 2.28. The number of benzene rings is 1. The Bertz CT molecular complexity index is 863. The molecule has 3 rings (SSSR count). The predicted octanol–water partition coefficient (Wildman–Crippen LogP) is 2.94. The van der Waals surface area contributed by atoms with Gasteiger partial charge in [0.2, 0.25) is 0 Å². The van der Waals surface area contributed by atoms with Crippen molar-refractivity contribution in [3.05, 3.63) is 35.4 Å². The molecule has 1 fully saturated rings. The minimum absolute atomic E-state index is 0.0941. The van der Waals surface area contributed by atoms with Crippen molar-refractivity contribution in [3.63, 3.8) is 0 Å². The number of amides is 1. The highest BCUT2D eigenvalue weighted by molar-refractivity contribution is 5.82. The number of alkyl halides is 3. The number of guanidine groups is 1. The standard InChI is InChI=1S/C21H25F3N4O2/c1-20(2,3)30-19(29)27-11-12-28-17(14-27)13-26-18(28)25-10-4-5-15-6-8-16(9-7-15)21(22,23)24/h6-9,17H,10-14H2,1-3H3,(H,25,26). The molecule has 0 aromatic heterocycles. The first-order chi connectivity index (χ1) is 14.0. The van der Waals surface area contributed by atoms with Gasteiger partial charge in [-0.2, -0.15) is 13.2 Å². The van der Waals surface area contributed by atoms with Gasteiger partial charge in [-0.3, -0.25) is 4.99 Å². The maximum atomic E-state index is 12.6. The van der Waals surface area contributed by atoms with E-state index in [-0.39, 0.29) is 12.1 Å². The summed E-state index contributed by atoms with van der Waals surface area (Å²) in [6.45, 7) is 8.15. The number of halogens is 3. The van der Waals surface area contributed by atoms with Crippen molar-refractivity contribution in [2.45, 2.75) is 38.6 Å². The summed E-state index contributed by atoms with van der Waals surface area (Å²) >= 11 is 0. The molecular weight excluding hydrogens is 397 g/mol. The maximum Gasteiger partial charge on any atom is 0.416 e. The third-order valence-corrected chi connectivity index (χ3v) is 4.64. The fraction of sp³-hybridized carbons (Fsp3) is 0.524. The normalized spacial score (nSPS) is 18.9. The van der Waals surface area contributed by atoms with Crippen LogP contribution in [-0.4, -0.2) is 66.2 Å². The molecule has 2 heterocycles. The molecule has 0 aliphatic carbocycles. The summed E-state index contributed by atoms with van der Waals surface area (Å²) in [6.07, 6.45) is -4.66. The molecule has 1 atom stereocenters. The quantitative estimate of drug-likeness (QED) is 0.707. The van der Waals surface area contributed by atoms with Gasteiger partial charge in [0.05, 0.1) is 24.7 Å². The second-order valence-corrected chi connectivity index (χ2v) is 8.17. The molecule has 9 heteroatoms. The van der Waals surface area contributed by atoms with Crippen molar-refractivity contribution in [1.29, 1.82) is 0 Å². The molecule has 0 radical (unpaired) electrons. The third-order valence-electron chi connectivity index (χ3n) is 4.64. The second-order valence-electron chi connectivity index (χ2n) is 8.17. The Balaban J connectivity index is 1.48. The summed E-state index contributed by atoms with van der Waals surface area (Å²) in [5, 5.41) is 3.16. The third kappa shape index (κ3) is 5.59.